The van der Waals surface area contributed by atoms with Crippen LogP contribution in [0.5, 0.6) is 0 Å². The van der Waals surface area contributed by atoms with Crippen LogP contribution in [0, 0.1) is 0 Å². The van der Waals surface area contributed by atoms with E-state index in [0.29, 0.717) is 10.8 Å². The Labute approximate surface area is 98.6 Å². The van der Waals surface area contributed by atoms with Crippen molar-refractivity contribution < 1.29 is 4.79 Å². The SMILES string of the molecule is CC[C@H](SC)C(=O)Nc1ncccc1Cl. The van der Waals surface area contributed by atoms with Crippen LogP contribution in [-0.2, 0) is 4.79 Å². The number of carbonyl (C=O) groups is 1. The molecule has 0 bridgehead atoms. The fourth-order valence-corrected chi connectivity index (χ4v) is 1.91. The van der Waals surface area contributed by atoms with Crippen LogP contribution in [0.25, 0.3) is 0 Å². The Hall–Kier alpha value is -0.740. The largest absolute Gasteiger partial charge is 0.308 e. The first-order chi connectivity index (χ1) is 7.19. The van der Waals surface area contributed by atoms with Gasteiger partial charge < -0.3 is 5.32 Å². The molecule has 0 unspecified atom stereocenters. The lowest BCUT2D eigenvalue weighted by atomic mass is 10.3. The van der Waals surface area contributed by atoms with Gasteiger partial charge in [-0.2, -0.15) is 11.8 Å². The van der Waals surface area contributed by atoms with Crippen LogP contribution in [0.1, 0.15) is 13.3 Å². The highest BCUT2D eigenvalue weighted by Gasteiger charge is 2.16. The minimum Gasteiger partial charge on any atom is -0.308 e. The topological polar surface area (TPSA) is 42.0 Å². The fourth-order valence-electron chi connectivity index (χ4n) is 1.13. The lowest BCUT2D eigenvalue weighted by molar-refractivity contribution is -0.115. The number of thioether (sulfide) groups is 1. The Morgan fingerprint density at radius 3 is 3.00 bits per heavy atom. The number of pyridine rings is 1. The van der Waals surface area contributed by atoms with Crippen LogP contribution in [0.2, 0.25) is 5.02 Å². The number of amides is 1. The maximum absolute atomic E-state index is 11.7. The zero-order valence-corrected chi connectivity index (χ0v) is 10.2. The molecule has 1 atom stereocenters. The van der Waals surface area contributed by atoms with Crippen molar-refractivity contribution in [2.45, 2.75) is 18.6 Å². The summed E-state index contributed by atoms with van der Waals surface area (Å²) in [4.78, 5) is 15.7. The van der Waals surface area contributed by atoms with Gasteiger partial charge in [0, 0.05) is 6.20 Å². The van der Waals surface area contributed by atoms with Crippen molar-refractivity contribution in [3.8, 4) is 0 Å². The zero-order chi connectivity index (χ0) is 11.3. The van der Waals surface area contributed by atoms with E-state index >= 15 is 0 Å². The first-order valence-corrected chi connectivity index (χ1v) is 6.29. The van der Waals surface area contributed by atoms with E-state index in [-0.39, 0.29) is 11.2 Å². The number of anilines is 1. The number of halogens is 1. The third-order valence-electron chi connectivity index (χ3n) is 1.95. The summed E-state index contributed by atoms with van der Waals surface area (Å²) >= 11 is 7.40. The standard InChI is InChI=1S/C10H13ClN2OS/c1-3-8(15-2)10(14)13-9-7(11)5-4-6-12-9/h4-6,8H,3H2,1-2H3,(H,12,13,14)/t8-/m0/s1. The summed E-state index contributed by atoms with van der Waals surface area (Å²) < 4.78 is 0. The predicted molar refractivity (Wildman–Crippen MR) is 65.5 cm³/mol. The molecular formula is C10H13ClN2OS. The average molecular weight is 245 g/mol. The number of nitrogens with one attached hydrogen (secondary N) is 1. The molecular weight excluding hydrogens is 232 g/mol. The summed E-state index contributed by atoms with van der Waals surface area (Å²) in [6, 6.07) is 3.42. The second-order valence-electron chi connectivity index (χ2n) is 2.96. The molecule has 0 aliphatic carbocycles. The first kappa shape index (κ1) is 12.3. The molecule has 0 saturated heterocycles. The fraction of sp³-hybridized carbons (Fsp3) is 0.400. The monoisotopic (exact) mass is 244 g/mol. The van der Waals surface area contributed by atoms with Gasteiger partial charge in [-0.25, -0.2) is 4.98 Å². The number of rotatable bonds is 4. The highest BCUT2D eigenvalue weighted by molar-refractivity contribution is 7.99. The molecule has 0 aliphatic rings. The highest BCUT2D eigenvalue weighted by atomic mass is 35.5. The van der Waals surface area contributed by atoms with Gasteiger partial charge >= 0.3 is 0 Å². The number of nitrogens with zero attached hydrogens (tertiary/aromatic N) is 1. The number of aromatic nitrogens is 1. The van der Waals surface area contributed by atoms with E-state index in [9.17, 15) is 4.79 Å². The van der Waals surface area contributed by atoms with Crippen molar-refractivity contribution >= 4 is 35.1 Å². The summed E-state index contributed by atoms with van der Waals surface area (Å²) in [5, 5.41) is 3.12. The third kappa shape index (κ3) is 3.39. The van der Waals surface area contributed by atoms with Crippen LogP contribution in [0.4, 0.5) is 5.82 Å². The quantitative estimate of drug-likeness (QED) is 0.886. The third-order valence-corrected chi connectivity index (χ3v) is 3.37. The van der Waals surface area contributed by atoms with Crippen LogP contribution < -0.4 is 5.32 Å². The summed E-state index contributed by atoms with van der Waals surface area (Å²) in [5.41, 5.74) is 0. The molecule has 0 spiro atoms. The van der Waals surface area contributed by atoms with Crippen molar-refractivity contribution in [3.05, 3.63) is 23.4 Å². The van der Waals surface area contributed by atoms with Crippen molar-refractivity contribution in [3.63, 3.8) is 0 Å². The van der Waals surface area contributed by atoms with Crippen LogP contribution in [-0.4, -0.2) is 22.4 Å². The Kier molecular flexibility index (Phi) is 4.91. The van der Waals surface area contributed by atoms with Gasteiger partial charge in [0.15, 0.2) is 5.82 Å². The van der Waals surface area contributed by atoms with E-state index in [0.717, 1.165) is 6.42 Å². The smallest absolute Gasteiger partial charge is 0.238 e. The Balaban J connectivity index is 2.70. The molecule has 1 heterocycles. The molecule has 82 valence electrons. The molecule has 1 amide bonds. The molecule has 5 heteroatoms. The lowest BCUT2D eigenvalue weighted by Crippen LogP contribution is -2.24. The van der Waals surface area contributed by atoms with Gasteiger partial charge in [-0.1, -0.05) is 18.5 Å². The van der Waals surface area contributed by atoms with E-state index in [1.807, 2.05) is 13.2 Å². The van der Waals surface area contributed by atoms with E-state index in [1.54, 1.807) is 18.3 Å². The van der Waals surface area contributed by atoms with Crippen molar-refractivity contribution in [2.24, 2.45) is 0 Å². The van der Waals surface area contributed by atoms with Gasteiger partial charge in [0.2, 0.25) is 5.91 Å². The van der Waals surface area contributed by atoms with Crippen LogP contribution in [0.15, 0.2) is 18.3 Å². The molecule has 1 aromatic heterocycles. The average Bonchev–Trinajstić information content (AvgIpc) is 2.23. The van der Waals surface area contributed by atoms with Gasteiger partial charge in [-0.05, 0) is 24.8 Å². The van der Waals surface area contributed by atoms with E-state index in [2.05, 4.69) is 10.3 Å². The van der Waals surface area contributed by atoms with Gasteiger partial charge in [0.1, 0.15) is 0 Å². The summed E-state index contributed by atoms with van der Waals surface area (Å²) in [6.07, 6.45) is 4.30. The number of carbonyl (C=O) groups excluding carboxylic acids is 1. The van der Waals surface area contributed by atoms with Gasteiger partial charge in [-0.3, -0.25) is 4.79 Å². The van der Waals surface area contributed by atoms with Crippen molar-refractivity contribution in [1.29, 1.82) is 0 Å². The van der Waals surface area contributed by atoms with Gasteiger partial charge in [0.05, 0.1) is 10.3 Å². The van der Waals surface area contributed by atoms with Gasteiger partial charge in [0.25, 0.3) is 0 Å². The molecule has 0 saturated carbocycles. The summed E-state index contributed by atoms with van der Waals surface area (Å²) in [7, 11) is 0. The molecule has 1 rings (SSSR count). The maximum Gasteiger partial charge on any atom is 0.238 e. The second-order valence-corrected chi connectivity index (χ2v) is 4.40. The molecule has 0 fully saturated rings. The molecule has 0 radical (unpaired) electrons. The summed E-state index contributed by atoms with van der Waals surface area (Å²) in [5.74, 6) is 0.377. The minimum absolute atomic E-state index is 0.0504. The van der Waals surface area contributed by atoms with Crippen molar-refractivity contribution in [1.82, 2.24) is 4.98 Å². The Morgan fingerprint density at radius 1 is 1.73 bits per heavy atom. The molecule has 1 aromatic rings. The molecule has 1 N–H and O–H groups in total. The van der Waals surface area contributed by atoms with E-state index < -0.39 is 0 Å². The lowest BCUT2D eigenvalue weighted by Gasteiger charge is -2.12. The first-order valence-electron chi connectivity index (χ1n) is 4.63. The molecule has 0 aliphatic heterocycles. The predicted octanol–water partition coefficient (Wildman–Crippen LogP) is 2.82. The van der Waals surface area contributed by atoms with Crippen molar-refractivity contribution in [2.75, 3.05) is 11.6 Å². The zero-order valence-electron chi connectivity index (χ0n) is 8.66. The van der Waals surface area contributed by atoms with E-state index in [1.165, 1.54) is 11.8 Å². The maximum atomic E-state index is 11.7. The number of hydrogen-bond acceptors (Lipinski definition) is 3. The Morgan fingerprint density at radius 2 is 2.47 bits per heavy atom. The van der Waals surface area contributed by atoms with Crippen LogP contribution >= 0.6 is 23.4 Å². The second kappa shape index (κ2) is 5.98. The minimum atomic E-state index is -0.0527. The van der Waals surface area contributed by atoms with Gasteiger partial charge in [-0.15, -0.1) is 0 Å². The van der Waals surface area contributed by atoms with E-state index in [4.69, 9.17) is 11.6 Å². The normalized spacial score (nSPS) is 12.2. The molecule has 3 nitrogen and oxygen atoms in total. The van der Waals surface area contributed by atoms with Crippen LogP contribution in [0.3, 0.4) is 0 Å². The highest BCUT2D eigenvalue weighted by Crippen LogP contribution is 2.19. The molecule has 0 aromatic carbocycles. The number of hydrogen-bond donors (Lipinski definition) is 1. The Bertz CT molecular complexity index is 342. The molecule has 15 heavy (non-hydrogen) atoms. The summed E-state index contributed by atoms with van der Waals surface area (Å²) in [6.45, 7) is 1.97.